The largest absolute Gasteiger partial charge is 0.379 e. The van der Waals surface area contributed by atoms with E-state index < -0.39 is 0 Å². The number of anilines is 1. The van der Waals surface area contributed by atoms with Crippen LogP contribution in [0.3, 0.4) is 0 Å². The first-order valence-corrected chi connectivity index (χ1v) is 12.8. The van der Waals surface area contributed by atoms with E-state index in [1.807, 2.05) is 31.2 Å². The van der Waals surface area contributed by atoms with Crippen LogP contribution in [0.15, 0.2) is 48.5 Å². The second-order valence-electron chi connectivity index (χ2n) is 8.76. The van der Waals surface area contributed by atoms with Crippen molar-refractivity contribution in [3.8, 4) is 0 Å². The second kappa shape index (κ2) is 12.8. The normalized spacial score (nSPS) is 14.2. The summed E-state index contributed by atoms with van der Waals surface area (Å²) in [7, 11) is 0. The number of rotatable bonds is 11. The lowest BCUT2D eigenvalue weighted by Gasteiger charge is -2.27. The molecule has 4 rings (SSSR count). The van der Waals surface area contributed by atoms with E-state index in [2.05, 4.69) is 44.4 Å². The Morgan fingerprint density at radius 3 is 2.69 bits per heavy atom. The zero-order chi connectivity index (χ0) is 24.5. The molecule has 1 saturated heterocycles. The standard InChI is InChI=1S/C27H34ClN5O2/c1-2-25-30-24-20-22(28)8-9-23(24)27(31-25)33(13-10-21-6-4-3-5-7-21)14-11-26(34)29-12-15-32-16-18-35-19-17-32/h3-9,20H,2,10-19H2,1H3,(H,29,34). The van der Waals surface area contributed by atoms with E-state index in [0.717, 1.165) is 74.8 Å². The van der Waals surface area contributed by atoms with Gasteiger partial charge in [-0.25, -0.2) is 9.97 Å². The number of halogens is 1. The first-order valence-electron chi connectivity index (χ1n) is 12.4. The van der Waals surface area contributed by atoms with Crippen LogP contribution in [0.2, 0.25) is 5.02 Å². The number of morpholine rings is 1. The molecule has 1 aliphatic heterocycles. The van der Waals surface area contributed by atoms with Gasteiger partial charge in [0.15, 0.2) is 0 Å². The lowest BCUT2D eigenvalue weighted by atomic mass is 10.1. The number of amides is 1. The van der Waals surface area contributed by atoms with Crippen molar-refractivity contribution in [2.24, 2.45) is 0 Å². The monoisotopic (exact) mass is 495 g/mol. The number of nitrogens with zero attached hydrogens (tertiary/aromatic N) is 4. The van der Waals surface area contributed by atoms with E-state index in [-0.39, 0.29) is 5.91 Å². The molecule has 1 fully saturated rings. The third-order valence-electron chi connectivity index (χ3n) is 6.28. The Morgan fingerprint density at radius 1 is 1.11 bits per heavy atom. The molecule has 0 radical (unpaired) electrons. The van der Waals surface area contributed by atoms with Crippen LogP contribution in [0.4, 0.5) is 5.82 Å². The SMILES string of the molecule is CCc1nc(N(CCC(=O)NCCN2CCOCC2)CCc2ccccc2)c2ccc(Cl)cc2n1. The van der Waals surface area contributed by atoms with Crippen molar-refractivity contribution in [1.82, 2.24) is 20.2 Å². The van der Waals surface area contributed by atoms with Crippen molar-refractivity contribution in [2.75, 3.05) is 57.4 Å². The van der Waals surface area contributed by atoms with Gasteiger partial charge in [-0.1, -0.05) is 48.9 Å². The smallest absolute Gasteiger partial charge is 0.221 e. The van der Waals surface area contributed by atoms with E-state index in [0.29, 0.717) is 24.5 Å². The molecule has 1 amide bonds. The summed E-state index contributed by atoms with van der Waals surface area (Å²) in [5.41, 5.74) is 2.09. The van der Waals surface area contributed by atoms with Gasteiger partial charge in [0.25, 0.3) is 0 Å². The molecule has 7 nitrogen and oxygen atoms in total. The van der Waals surface area contributed by atoms with Crippen molar-refractivity contribution in [2.45, 2.75) is 26.2 Å². The van der Waals surface area contributed by atoms with Gasteiger partial charge in [0.2, 0.25) is 5.91 Å². The minimum Gasteiger partial charge on any atom is -0.379 e. The van der Waals surface area contributed by atoms with Crippen molar-refractivity contribution < 1.29 is 9.53 Å². The molecule has 0 bridgehead atoms. The number of benzene rings is 2. The number of carbonyl (C=O) groups is 1. The summed E-state index contributed by atoms with van der Waals surface area (Å²) < 4.78 is 5.39. The van der Waals surface area contributed by atoms with Gasteiger partial charge in [-0.15, -0.1) is 0 Å². The Hall–Kier alpha value is -2.74. The number of ether oxygens (including phenoxy) is 1. The van der Waals surface area contributed by atoms with Crippen LogP contribution in [-0.4, -0.2) is 73.3 Å². The molecule has 186 valence electrons. The molecule has 1 aliphatic rings. The van der Waals surface area contributed by atoms with Crippen LogP contribution in [-0.2, 0) is 22.4 Å². The molecule has 0 spiro atoms. The maximum absolute atomic E-state index is 12.7. The number of aromatic nitrogens is 2. The van der Waals surface area contributed by atoms with E-state index in [9.17, 15) is 4.79 Å². The molecule has 0 aliphatic carbocycles. The quantitative estimate of drug-likeness (QED) is 0.437. The zero-order valence-corrected chi connectivity index (χ0v) is 21.1. The summed E-state index contributed by atoms with van der Waals surface area (Å²) in [6, 6.07) is 16.1. The first kappa shape index (κ1) is 25.4. The Morgan fingerprint density at radius 2 is 1.91 bits per heavy atom. The number of hydrogen-bond acceptors (Lipinski definition) is 6. The lowest BCUT2D eigenvalue weighted by Crippen LogP contribution is -2.41. The van der Waals surface area contributed by atoms with Gasteiger partial charge in [0, 0.05) is 62.5 Å². The van der Waals surface area contributed by atoms with E-state index in [1.54, 1.807) is 0 Å². The third kappa shape index (κ3) is 7.37. The molecular weight excluding hydrogens is 462 g/mol. The molecule has 3 aromatic rings. The van der Waals surface area contributed by atoms with Crippen molar-refractivity contribution >= 4 is 34.2 Å². The van der Waals surface area contributed by atoms with Gasteiger partial charge >= 0.3 is 0 Å². The lowest BCUT2D eigenvalue weighted by molar-refractivity contribution is -0.121. The second-order valence-corrected chi connectivity index (χ2v) is 9.19. The summed E-state index contributed by atoms with van der Waals surface area (Å²) >= 11 is 6.26. The van der Waals surface area contributed by atoms with Gasteiger partial charge in [-0.05, 0) is 30.2 Å². The van der Waals surface area contributed by atoms with Gasteiger partial charge in [0.05, 0.1) is 18.7 Å². The molecule has 0 atom stereocenters. The fourth-order valence-electron chi connectivity index (χ4n) is 4.27. The van der Waals surface area contributed by atoms with Crippen molar-refractivity contribution in [3.63, 3.8) is 0 Å². The number of carbonyl (C=O) groups excluding carboxylic acids is 1. The molecule has 1 N–H and O–H groups in total. The fourth-order valence-corrected chi connectivity index (χ4v) is 4.43. The molecule has 8 heteroatoms. The Labute approximate surface area is 212 Å². The van der Waals surface area contributed by atoms with Gasteiger partial charge in [-0.3, -0.25) is 9.69 Å². The minimum atomic E-state index is 0.0556. The maximum Gasteiger partial charge on any atom is 0.221 e. The molecule has 0 unspecified atom stereocenters. The summed E-state index contributed by atoms with van der Waals surface area (Å²) in [5, 5.41) is 4.68. The highest BCUT2D eigenvalue weighted by molar-refractivity contribution is 6.31. The summed E-state index contributed by atoms with van der Waals surface area (Å²) in [6.07, 6.45) is 1.99. The molecule has 35 heavy (non-hydrogen) atoms. The summed E-state index contributed by atoms with van der Waals surface area (Å²) in [5.74, 6) is 1.69. The average Bonchev–Trinajstić information content (AvgIpc) is 2.89. The van der Waals surface area contributed by atoms with Crippen LogP contribution in [0, 0.1) is 0 Å². The predicted octanol–water partition coefficient (Wildman–Crippen LogP) is 3.73. The van der Waals surface area contributed by atoms with Crippen molar-refractivity contribution in [3.05, 3.63) is 64.9 Å². The molecule has 0 saturated carbocycles. The molecule has 2 heterocycles. The first-order chi connectivity index (χ1) is 17.1. The summed E-state index contributed by atoms with van der Waals surface area (Å²) in [4.78, 5) is 26.8. The topological polar surface area (TPSA) is 70.6 Å². The fraction of sp³-hybridized carbons (Fsp3) is 0.444. The molecular formula is C27H34ClN5O2. The van der Waals surface area contributed by atoms with Crippen LogP contribution in [0.25, 0.3) is 10.9 Å². The molecule has 2 aromatic carbocycles. The molecule has 1 aromatic heterocycles. The highest BCUT2D eigenvalue weighted by Gasteiger charge is 2.17. The number of nitrogens with one attached hydrogen (secondary N) is 1. The Bertz CT molecular complexity index is 1110. The number of aryl methyl sites for hydroxylation is 1. The number of fused-ring (bicyclic) bond motifs is 1. The van der Waals surface area contributed by atoms with E-state index >= 15 is 0 Å². The summed E-state index contributed by atoms with van der Waals surface area (Å²) in [6.45, 7) is 8.26. The predicted molar refractivity (Wildman–Crippen MR) is 141 cm³/mol. The van der Waals surface area contributed by atoms with Gasteiger partial charge in [-0.2, -0.15) is 0 Å². The number of hydrogen-bond donors (Lipinski definition) is 1. The van der Waals surface area contributed by atoms with E-state index in [4.69, 9.17) is 21.3 Å². The van der Waals surface area contributed by atoms with Gasteiger partial charge < -0.3 is 15.0 Å². The zero-order valence-electron chi connectivity index (χ0n) is 20.4. The highest BCUT2D eigenvalue weighted by Crippen LogP contribution is 2.27. The minimum absolute atomic E-state index is 0.0556. The van der Waals surface area contributed by atoms with Crippen LogP contribution >= 0.6 is 11.6 Å². The highest BCUT2D eigenvalue weighted by atomic mass is 35.5. The van der Waals surface area contributed by atoms with E-state index in [1.165, 1.54) is 5.56 Å². The van der Waals surface area contributed by atoms with Crippen LogP contribution in [0.5, 0.6) is 0 Å². The van der Waals surface area contributed by atoms with Crippen molar-refractivity contribution in [1.29, 1.82) is 0 Å². The Kier molecular flexibility index (Phi) is 9.28. The third-order valence-corrected chi connectivity index (χ3v) is 6.51. The average molecular weight is 496 g/mol. The maximum atomic E-state index is 12.7. The Balaban J connectivity index is 1.46. The van der Waals surface area contributed by atoms with Crippen LogP contribution < -0.4 is 10.2 Å². The van der Waals surface area contributed by atoms with Crippen LogP contribution in [0.1, 0.15) is 24.7 Å². The van der Waals surface area contributed by atoms with Gasteiger partial charge in [0.1, 0.15) is 11.6 Å².